The predicted molar refractivity (Wildman–Crippen MR) is 80.6 cm³/mol. The minimum absolute atomic E-state index is 0.0870. The summed E-state index contributed by atoms with van der Waals surface area (Å²) in [6.45, 7) is 0. The van der Waals surface area contributed by atoms with Gasteiger partial charge in [-0.05, 0) is 33.6 Å². The molecule has 1 atom stereocenters. The smallest absolute Gasteiger partial charge is 0.102 e. The number of halogens is 2. The molecule has 0 fully saturated rings. The van der Waals surface area contributed by atoms with Crippen LogP contribution in [0.25, 0.3) is 0 Å². The summed E-state index contributed by atoms with van der Waals surface area (Å²) in [5.41, 5.74) is 2.12. The Balaban J connectivity index is 2.21. The number of hydrogen-bond acceptors (Lipinski definition) is 1. The summed E-state index contributed by atoms with van der Waals surface area (Å²) in [5.74, 6) is 0. The van der Waals surface area contributed by atoms with Crippen molar-refractivity contribution in [3.05, 3.63) is 66.2 Å². The molecule has 1 nitrogen and oxygen atoms in total. The second-order valence-corrected chi connectivity index (χ2v) is 5.27. The Bertz CT molecular complexity index is 494. The summed E-state index contributed by atoms with van der Waals surface area (Å²) in [7, 11) is 0. The summed E-state index contributed by atoms with van der Waals surface area (Å²) < 4.78 is 0.870. The van der Waals surface area contributed by atoms with Crippen molar-refractivity contribution in [1.82, 2.24) is 0 Å². The van der Waals surface area contributed by atoms with E-state index >= 15 is 0 Å². The van der Waals surface area contributed by atoms with E-state index in [2.05, 4.69) is 49.0 Å². The quantitative estimate of drug-likeness (QED) is 0.528. The number of aliphatic imine (C=N–C) groups is 1. The number of benzene rings is 2. The summed E-state index contributed by atoms with van der Waals surface area (Å²) in [4.78, 5) is 4.61. The van der Waals surface area contributed by atoms with Gasteiger partial charge in [0, 0.05) is 0 Å². The summed E-state index contributed by atoms with van der Waals surface area (Å²) in [6, 6.07) is 20.1. The fraction of sp³-hybridized carbons (Fsp3) is 0.0714. The lowest BCUT2D eigenvalue weighted by atomic mass is 10.2. The molecule has 17 heavy (non-hydrogen) atoms. The van der Waals surface area contributed by atoms with Crippen LogP contribution in [-0.4, -0.2) is 4.62 Å². The van der Waals surface area contributed by atoms with Gasteiger partial charge in [-0.15, -0.1) is 0 Å². The molecule has 0 N–H and O–H groups in total. The Kier molecular flexibility index (Phi) is 4.51. The van der Waals surface area contributed by atoms with Crippen LogP contribution in [0.3, 0.4) is 0 Å². The Labute approximate surface area is 118 Å². The first-order valence-electron chi connectivity index (χ1n) is 5.25. The summed E-state index contributed by atoms with van der Waals surface area (Å²) in [5, 5.41) is 0. The molecule has 2 aromatic carbocycles. The van der Waals surface area contributed by atoms with Crippen molar-refractivity contribution >= 4 is 42.2 Å². The highest BCUT2D eigenvalue weighted by atomic mass is 79.9. The zero-order valence-electron chi connectivity index (χ0n) is 9.05. The van der Waals surface area contributed by atoms with Crippen LogP contribution in [0.5, 0.6) is 0 Å². The second kappa shape index (κ2) is 6.12. The average Bonchev–Trinajstić information content (AvgIpc) is 2.40. The van der Waals surface area contributed by atoms with Crippen molar-refractivity contribution in [3.63, 3.8) is 0 Å². The van der Waals surface area contributed by atoms with Crippen LogP contribution in [0, 0.1) is 0 Å². The Morgan fingerprint density at radius 1 is 0.882 bits per heavy atom. The van der Waals surface area contributed by atoms with E-state index in [1.54, 1.807) is 0 Å². The molecular weight excluding hydrogens is 342 g/mol. The van der Waals surface area contributed by atoms with Gasteiger partial charge in [0.1, 0.15) is 4.62 Å². The molecule has 2 aromatic rings. The molecule has 0 bridgehead atoms. The van der Waals surface area contributed by atoms with Crippen LogP contribution >= 0.6 is 31.9 Å². The van der Waals surface area contributed by atoms with Gasteiger partial charge in [0.15, 0.2) is 0 Å². The van der Waals surface area contributed by atoms with Gasteiger partial charge >= 0.3 is 0 Å². The highest BCUT2D eigenvalue weighted by Crippen LogP contribution is 2.28. The number of hydrogen-bond donors (Lipinski definition) is 0. The molecular formula is C14H11Br2N. The van der Waals surface area contributed by atoms with Gasteiger partial charge in [-0.3, -0.25) is 0 Å². The van der Waals surface area contributed by atoms with E-state index in [4.69, 9.17) is 0 Å². The van der Waals surface area contributed by atoms with Crippen molar-refractivity contribution in [2.45, 2.75) is 4.83 Å². The first-order valence-corrected chi connectivity index (χ1v) is 6.96. The maximum atomic E-state index is 4.52. The van der Waals surface area contributed by atoms with Gasteiger partial charge in [-0.25, -0.2) is 4.99 Å². The molecule has 0 saturated carbocycles. The number of rotatable bonds is 3. The van der Waals surface area contributed by atoms with E-state index in [1.807, 2.05) is 48.5 Å². The molecule has 0 amide bonds. The molecule has 0 radical (unpaired) electrons. The summed E-state index contributed by atoms with van der Waals surface area (Å²) >= 11 is 7.15. The van der Waals surface area contributed by atoms with Gasteiger partial charge in [0.25, 0.3) is 0 Å². The highest BCUT2D eigenvalue weighted by molar-refractivity contribution is 9.20. The molecule has 0 heterocycles. The van der Waals surface area contributed by atoms with Crippen molar-refractivity contribution < 1.29 is 0 Å². The Morgan fingerprint density at radius 3 is 2.00 bits per heavy atom. The fourth-order valence-electron chi connectivity index (χ4n) is 1.44. The second-order valence-electron chi connectivity index (χ2n) is 3.54. The van der Waals surface area contributed by atoms with Gasteiger partial charge in [-0.1, -0.05) is 64.5 Å². The lowest BCUT2D eigenvalue weighted by Crippen LogP contribution is -1.97. The molecule has 2 rings (SSSR count). The molecule has 0 unspecified atom stereocenters. The molecule has 86 valence electrons. The minimum atomic E-state index is 0.0870. The number of nitrogens with zero attached hydrogens (tertiary/aromatic N) is 1. The standard InChI is InChI=1S/C14H11Br2N/c15-13(11-7-3-1-4-8-11)14(16)17-12-9-5-2-6-10-12/h1-10,13H/t13-/m1/s1. The van der Waals surface area contributed by atoms with Gasteiger partial charge < -0.3 is 0 Å². The molecule has 0 aliphatic heterocycles. The minimum Gasteiger partial charge on any atom is -0.244 e. The SMILES string of the molecule is BrC(=Nc1ccccc1)[C@H](Br)c1ccccc1. The molecule has 0 saturated heterocycles. The molecule has 0 spiro atoms. The molecule has 0 aliphatic rings. The monoisotopic (exact) mass is 351 g/mol. The van der Waals surface area contributed by atoms with Gasteiger partial charge in [0.05, 0.1) is 10.5 Å². The van der Waals surface area contributed by atoms with Gasteiger partial charge in [-0.2, -0.15) is 0 Å². The van der Waals surface area contributed by atoms with Crippen molar-refractivity contribution in [2.24, 2.45) is 4.99 Å². The van der Waals surface area contributed by atoms with Crippen molar-refractivity contribution in [1.29, 1.82) is 0 Å². The maximum Gasteiger partial charge on any atom is 0.102 e. The maximum absolute atomic E-state index is 4.52. The highest BCUT2D eigenvalue weighted by Gasteiger charge is 2.11. The number of para-hydroxylation sites is 1. The van der Waals surface area contributed by atoms with Crippen LogP contribution in [0.1, 0.15) is 10.4 Å². The van der Waals surface area contributed by atoms with Crippen LogP contribution < -0.4 is 0 Å². The summed E-state index contributed by atoms with van der Waals surface area (Å²) in [6.07, 6.45) is 0. The molecule has 0 aliphatic carbocycles. The normalized spacial score (nSPS) is 13.4. The van der Waals surface area contributed by atoms with E-state index in [1.165, 1.54) is 5.56 Å². The number of alkyl halides is 1. The Hall–Kier alpha value is -0.930. The third-order valence-electron chi connectivity index (χ3n) is 2.29. The van der Waals surface area contributed by atoms with E-state index in [9.17, 15) is 0 Å². The van der Waals surface area contributed by atoms with E-state index in [0.29, 0.717) is 0 Å². The van der Waals surface area contributed by atoms with Crippen molar-refractivity contribution in [3.8, 4) is 0 Å². The third kappa shape index (κ3) is 3.51. The lowest BCUT2D eigenvalue weighted by Gasteiger charge is -2.08. The first kappa shape index (κ1) is 12.5. The predicted octanol–water partition coefficient (Wildman–Crippen LogP) is 5.25. The Morgan fingerprint density at radius 2 is 1.41 bits per heavy atom. The zero-order chi connectivity index (χ0) is 12.1. The third-order valence-corrected chi connectivity index (χ3v) is 4.51. The van der Waals surface area contributed by atoms with Crippen molar-refractivity contribution in [2.75, 3.05) is 0 Å². The van der Waals surface area contributed by atoms with Crippen LogP contribution in [-0.2, 0) is 0 Å². The average molecular weight is 353 g/mol. The van der Waals surface area contributed by atoms with Crippen LogP contribution in [0.2, 0.25) is 0 Å². The zero-order valence-corrected chi connectivity index (χ0v) is 12.2. The van der Waals surface area contributed by atoms with Gasteiger partial charge in [0.2, 0.25) is 0 Å². The van der Waals surface area contributed by atoms with Crippen LogP contribution in [0.4, 0.5) is 5.69 Å². The largest absolute Gasteiger partial charge is 0.244 e. The molecule has 0 aromatic heterocycles. The first-order chi connectivity index (χ1) is 8.27. The van der Waals surface area contributed by atoms with E-state index < -0.39 is 0 Å². The van der Waals surface area contributed by atoms with Crippen LogP contribution in [0.15, 0.2) is 65.7 Å². The lowest BCUT2D eigenvalue weighted by molar-refractivity contribution is 1.32. The molecule has 3 heteroatoms. The topological polar surface area (TPSA) is 12.4 Å². The van der Waals surface area contributed by atoms with E-state index in [-0.39, 0.29) is 4.83 Å². The van der Waals surface area contributed by atoms with E-state index in [0.717, 1.165) is 10.3 Å². The fourth-order valence-corrected chi connectivity index (χ4v) is 2.32.